The first-order valence-corrected chi connectivity index (χ1v) is 8.27. The van der Waals surface area contributed by atoms with Gasteiger partial charge in [-0.05, 0) is 33.1 Å². The number of hydrogen-bond donors (Lipinski definition) is 1. The van der Waals surface area contributed by atoms with Gasteiger partial charge in [0, 0.05) is 10.9 Å². The third-order valence-electron chi connectivity index (χ3n) is 2.55. The molecule has 0 aliphatic rings. The van der Waals surface area contributed by atoms with E-state index in [1.807, 2.05) is 20.8 Å². The van der Waals surface area contributed by atoms with Crippen LogP contribution in [0.3, 0.4) is 0 Å². The molecule has 1 N–H and O–H groups in total. The zero-order valence-corrected chi connectivity index (χ0v) is 16.1. The van der Waals surface area contributed by atoms with Gasteiger partial charge in [0.15, 0.2) is 0 Å². The van der Waals surface area contributed by atoms with Gasteiger partial charge in [-0.2, -0.15) is 0 Å². The molecule has 6 heteroatoms. The van der Waals surface area contributed by atoms with Crippen molar-refractivity contribution in [2.45, 2.75) is 64.9 Å². The van der Waals surface area contributed by atoms with E-state index < -0.39 is 23.7 Å². The Balaban J connectivity index is 5.03. The standard InChI is InChI=1S/C16H28BrNO4/c1-8-21-12(19)10-9-11(13(17)15(2,3)4)18-14(20)22-16(5,6)7/h9-11,13H,8H2,1-7H3,(H,18,20)/b10-9+/t11-,13-/m1/s1. The summed E-state index contributed by atoms with van der Waals surface area (Å²) in [7, 11) is 0. The van der Waals surface area contributed by atoms with Gasteiger partial charge in [-0.25, -0.2) is 9.59 Å². The molecule has 0 spiro atoms. The molecule has 0 aromatic carbocycles. The number of carbonyl (C=O) groups is 2. The highest BCUT2D eigenvalue weighted by Gasteiger charge is 2.31. The van der Waals surface area contributed by atoms with E-state index in [4.69, 9.17) is 9.47 Å². The van der Waals surface area contributed by atoms with Crippen molar-refractivity contribution in [3.05, 3.63) is 12.2 Å². The molecule has 1 amide bonds. The van der Waals surface area contributed by atoms with Gasteiger partial charge in [0.2, 0.25) is 0 Å². The molecule has 0 saturated heterocycles. The van der Waals surface area contributed by atoms with Crippen LogP contribution in [0.4, 0.5) is 4.79 Å². The molecule has 0 aliphatic carbocycles. The Labute approximate surface area is 141 Å². The van der Waals surface area contributed by atoms with Gasteiger partial charge in [-0.1, -0.05) is 42.8 Å². The maximum Gasteiger partial charge on any atom is 0.408 e. The van der Waals surface area contributed by atoms with E-state index in [2.05, 4.69) is 21.2 Å². The van der Waals surface area contributed by atoms with Crippen LogP contribution in [0.2, 0.25) is 0 Å². The van der Waals surface area contributed by atoms with Crippen molar-refractivity contribution < 1.29 is 19.1 Å². The zero-order valence-electron chi connectivity index (χ0n) is 14.5. The van der Waals surface area contributed by atoms with E-state index in [0.717, 1.165) is 0 Å². The maximum atomic E-state index is 12.0. The average Bonchev–Trinajstić information content (AvgIpc) is 2.30. The number of esters is 1. The van der Waals surface area contributed by atoms with Gasteiger partial charge in [-0.3, -0.25) is 0 Å². The molecule has 0 aromatic rings. The predicted octanol–water partition coefficient (Wildman–Crippen LogP) is 3.81. The smallest absolute Gasteiger partial charge is 0.408 e. The van der Waals surface area contributed by atoms with Crippen molar-refractivity contribution >= 4 is 28.0 Å². The number of alkyl carbamates (subject to hydrolysis) is 1. The molecule has 128 valence electrons. The van der Waals surface area contributed by atoms with Crippen molar-refractivity contribution in [1.29, 1.82) is 0 Å². The summed E-state index contributed by atoms with van der Waals surface area (Å²) in [6, 6.07) is -0.403. The Morgan fingerprint density at radius 2 is 1.73 bits per heavy atom. The molecule has 22 heavy (non-hydrogen) atoms. The van der Waals surface area contributed by atoms with Crippen LogP contribution in [-0.2, 0) is 14.3 Å². The van der Waals surface area contributed by atoms with Crippen LogP contribution in [0.5, 0.6) is 0 Å². The van der Waals surface area contributed by atoms with Crippen molar-refractivity contribution in [2.24, 2.45) is 5.41 Å². The van der Waals surface area contributed by atoms with Crippen molar-refractivity contribution in [1.82, 2.24) is 5.32 Å². The van der Waals surface area contributed by atoms with E-state index in [9.17, 15) is 9.59 Å². The molecular formula is C16H28BrNO4. The predicted molar refractivity (Wildman–Crippen MR) is 91.1 cm³/mol. The van der Waals surface area contributed by atoms with Crippen molar-refractivity contribution in [2.75, 3.05) is 6.61 Å². The van der Waals surface area contributed by atoms with Crippen LogP contribution in [0.25, 0.3) is 0 Å². The van der Waals surface area contributed by atoms with Crippen LogP contribution < -0.4 is 5.32 Å². The SMILES string of the molecule is CCOC(=O)/C=C/[C@@H](NC(=O)OC(C)(C)C)[C@@H](Br)C(C)(C)C. The number of halogens is 1. The van der Waals surface area contributed by atoms with E-state index in [1.165, 1.54) is 6.08 Å². The molecule has 0 radical (unpaired) electrons. The summed E-state index contributed by atoms with van der Waals surface area (Å²) in [6.45, 7) is 13.5. The molecule has 0 rings (SSSR count). The molecule has 0 saturated carbocycles. The summed E-state index contributed by atoms with van der Waals surface area (Å²) in [5.41, 5.74) is -0.707. The molecule has 2 atom stereocenters. The van der Waals surface area contributed by atoms with Gasteiger partial charge >= 0.3 is 12.1 Å². The fraction of sp³-hybridized carbons (Fsp3) is 0.750. The van der Waals surface area contributed by atoms with Crippen LogP contribution in [0.15, 0.2) is 12.2 Å². The van der Waals surface area contributed by atoms with Crippen LogP contribution >= 0.6 is 15.9 Å². The second-order valence-electron chi connectivity index (χ2n) is 7.05. The number of hydrogen-bond acceptors (Lipinski definition) is 4. The van der Waals surface area contributed by atoms with E-state index in [1.54, 1.807) is 33.8 Å². The lowest BCUT2D eigenvalue weighted by Crippen LogP contribution is -2.46. The van der Waals surface area contributed by atoms with E-state index in [-0.39, 0.29) is 10.2 Å². The third kappa shape index (κ3) is 9.07. The van der Waals surface area contributed by atoms with E-state index >= 15 is 0 Å². The average molecular weight is 378 g/mol. The molecule has 0 fully saturated rings. The second-order valence-corrected chi connectivity index (χ2v) is 8.04. The van der Waals surface area contributed by atoms with Crippen LogP contribution in [0.1, 0.15) is 48.5 Å². The number of carbonyl (C=O) groups excluding carboxylic acids is 2. The molecule has 0 aliphatic heterocycles. The lowest BCUT2D eigenvalue weighted by Gasteiger charge is -2.32. The molecule has 0 aromatic heterocycles. The first-order valence-electron chi connectivity index (χ1n) is 7.35. The number of amides is 1. The lowest BCUT2D eigenvalue weighted by molar-refractivity contribution is -0.137. The van der Waals surface area contributed by atoms with Crippen molar-refractivity contribution in [3.63, 3.8) is 0 Å². The van der Waals surface area contributed by atoms with Gasteiger partial charge in [0.25, 0.3) is 0 Å². The zero-order chi connectivity index (χ0) is 17.6. The monoisotopic (exact) mass is 377 g/mol. The highest BCUT2D eigenvalue weighted by molar-refractivity contribution is 9.09. The first kappa shape index (κ1) is 21.0. The minimum atomic E-state index is -0.580. The summed E-state index contributed by atoms with van der Waals surface area (Å²) in [6.07, 6.45) is 2.41. The fourth-order valence-corrected chi connectivity index (χ4v) is 1.88. The van der Waals surface area contributed by atoms with Crippen molar-refractivity contribution in [3.8, 4) is 0 Å². The normalized spacial score (nSPS) is 15.3. The Morgan fingerprint density at radius 1 is 1.18 bits per heavy atom. The van der Waals surface area contributed by atoms with Crippen LogP contribution in [0, 0.1) is 5.41 Å². The lowest BCUT2D eigenvalue weighted by atomic mass is 9.87. The summed E-state index contributed by atoms with van der Waals surface area (Å²) in [5, 5.41) is 2.77. The van der Waals surface area contributed by atoms with Gasteiger partial charge in [0.05, 0.1) is 12.6 Å². The minimum Gasteiger partial charge on any atom is -0.463 e. The summed E-state index contributed by atoms with van der Waals surface area (Å²) in [5.74, 6) is -0.438. The second kappa shape index (κ2) is 8.56. The number of rotatable bonds is 5. The molecule has 0 bridgehead atoms. The molecule has 0 heterocycles. The molecular weight excluding hydrogens is 350 g/mol. The topological polar surface area (TPSA) is 64.6 Å². The Bertz CT molecular complexity index is 407. The Hall–Kier alpha value is -1.04. The quantitative estimate of drug-likeness (QED) is 0.449. The number of ether oxygens (including phenoxy) is 2. The first-order chi connectivity index (χ1) is 9.86. The maximum absolute atomic E-state index is 12.0. The van der Waals surface area contributed by atoms with Gasteiger partial charge < -0.3 is 14.8 Å². The largest absolute Gasteiger partial charge is 0.463 e. The van der Waals surface area contributed by atoms with Gasteiger partial charge in [-0.15, -0.1) is 0 Å². The minimum absolute atomic E-state index is 0.0850. The summed E-state index contributed by atoms with van der Waals surface area (Å²) < 4.78 is 10.1. The summed E-state index contributed by atoms with van der Waals surface area (Å²) in [4.78, 5) is 23.3. The fourth-order valence-electron chi connectivity index (χ4n) is 1.57. The third-order valence-corrected chi connectivity index (χ3v) is 4.50. The Morgan fingerprint density at radius 3 is 2.14 bits per heavy atom. The Kier molecular flexibility index (Phi) is 8.15. The van der Waals surface area contributed by atoms with Crippen LogP contribution in [-0.4, -0.2) is 35.1 Å². The number of nitrogens with one attached hydrogen (secondary N) is 1. The van der Waals surface area contributed by atoms with E-state index in [0.29, 0.717) is 6.61 Å². The highest BCUT2D eigenvalue weighted by Crippen LogP contribution is 2.29. The van der Waals surface area contributed by atoms with Gasteiger partial charge in [0.1, 0.15) is 5.60 Å². The number of alkyl halides is 1. The highest BCUT2D eigenvalue weighted by atomic mass is 79.9. The molecule has 0 unspecified atom stereocenters. The summed E-state index contributed by atoms with van der Waals surface area (Å²) >= 11 is 3.59. The molecule has 5 nitrogen and oxygen atoms in total.